The van der Waals surface area contributed by atoms with Crippen LogP contribution >= 0.6 is 23.2 Å². The Bertz CT molecular complexity index is 160. The standard InChI is InChI=1S/C6H6Cl2O2/c1-3-4(2)10-6(9)5(7)8/h1,4-5H,2H3. The zero-order valence-electron chi connectivity index (χ0n) is 5.30. The quantitative estimate of drug-likeness (QED) is 0.365. The van der Waals surface area contributed by atoms with Crippen LogP contribution in [0.1, 0.15) is 6.92 Å². The minimum atomic E-state index is -1.16. The summed E-state index contributed by atoms with van der Waals surface area (Å²) in [6.45, 7) is 1.55. The van der Waals surface area contributed by atoms with Crippen LogP contribution < -0.4 is 0 Å². The van der Waals surface area contributed by atoms with Crippen LogP contribution in [0.2, 0.25) is 0 Å². The van der Waals surface area contributed by atoms with E-state index >= 15 is 0 Å². The molecule has 0 amide bonds. The van der Waals surface area contributed by atoms with Crippen molar-refractivity contribution in [3.63, 3.8) is 0 Å². The van der Waals surface area contributed by atoms with E-state index in [-0.39, 0.29) is 0 Å². The minimum Gasteiger partial charge on any atom is -0.447 e. The van der Waals surface area contributed by atoms with Crippen LogP contribution in [0.15, 0.2) is 0 Å². The lowest BCUT2D eigenvalue weighted by atomic mass is 10.4. The first-order valence-corrected chi connectivity index (χ1v) is 3.40. The fraction of sp³-hybridized carbons (Fsp3) is 0.500. The molecule has 0 aromatic rings. The summed E-state index contributed by atoms with van der Waals surface area (Å²) >= 11 is 10.3. The van der Waals surface area contributed by atoms with Crippen molar-refractivity contribution in [1.29, 1.82) is 0 Å². The van der Waals surface area contributed by atoms with Crippen LogP contribution in [0.25, 0.3) is 0 Å². The molecule has 0 aliphatic carbocycles. The molecule has 0 radical (unpaired) electrons. The summed E-state index contributed by atoms with van der Waals surface area (Å²) in [6.07, 6.45) is 4.33. The summed E-state index contributed by atoms with van der Waals surface area (Å²) < 4.78 is 4.52. The van der Waals surface area contributed by atoms with Gasteiger partial charge in [0, 0.05) is 0 Å². The van der Waals surface area contributed by atoms with Crippen molar-refractivity contribution in [3.8, 4) is 12.3 Å². The number of carbonyl (C=O) groups is 1. The molecule has 0 bridgehead atoms. The van der Waals surface area contributed by atoms with Crippen molar-refractivity contribution in [1.82, 2.24) is 0 Å². The van der Waals surface area contributed by atoms with Crippen molar-refractivity contribution >= 4 is 29.2 Å². The predicted molar refractivity (Wildman–Crippen MR) is 39.9 cm³/mol. The van der Waals surface area contributed by atoms with Gasteiger partial charge in [-0.2, -0.15) is 0 Å². The maximum atomic E-state index is 10.5. The number of carbonyl (C=O) groups excluding carboxylic acids is 1. The molecule has 0 heterocycles. The normalized spacial score (nSPS) is 12.3. The smallest absolute Gasteiger partial charge is 0.340 e. The van der Waals surface area contributed by atoms with Crippen molar-refractivity contribution in [2.24, 2.45) is 0 Å². The summed E-state index contributed by atoms with van der Waals surface area (Å²) in [4.78, 5) is 9.37. The first-order valence-electron chi connectivity index (χ1n) is 2.52. The van der Waals surface area contributed by atoms with E-state index in [0.29, 0.717) is 0 Å². The van der Waals surface area contributed by atoms with Gasteiger partial charge < -0.3 is 4.74 Å². The van der Waals surface area contributed by atoms with Crippen LogP contribution in [0.3, 0.4) is 0 Å². The number of rotatable bonds is 2. The predicted octanol–water partition coefficient (Wildman–Crippen LogP) is 1.35. The third-order valence-electron chi connectivity index (χ3n) is 0.706. The summed E-state index contributed by atoms with van der Waals surface area (Å²) in [5.74, 6) is 1.48. The number of halogens is 2. The maximum Gasteiger partial charge on any atom is 0.340 e. The lowest BCUT2D eigenvalue weighted by molar-refractivity contribution is -0.143. The van der Waals surface area contributed by atoms with Gasteiger partial charge in [0.05, 0.1) is 0 Å². The van der Waals surface area contributed by atoms with Crippen LogP contribution in [-0.2, 0) is 9.53 Å². The van der Waals surface area contributed by atoms with E-state index in [2.05, 4.69) is 10.7 Å². The first-order chi connectivity index (χ1) is 4.57. The summed E-state index contributed by atoms with van der Waals surface area (Å²) in [7, 11) is 0. The van der Waals surface area contributed by atoms with E-state index in [9.17, 15) is 4.79 Å². The second-order valence-electron chi connectivity index (χ2n) is 1.55. The Morgan fingerprint density at radius 3 is 2.50 bits per heavy atom. The number of hydrogen-bond donors (Lipinski definition) is 0. The molecule has 4 heteroatoms. The zero-order valence-corrected chi connectivity index (χ0v) is 6.82. The fourth-order valence-corrected chi connectivity index (χ4v) is 0.363. The lowest BCUT2D eigenvalue weighted by Crippen LogP contribution is -2.18. The van der Waals surface area contributed by atoms with Gasteiger partial charge in [-0.1, -0.05) is 29.1 Å². The Labute approximate surface area is 69.4 Å². The minimum absolute atomic E-state index is 0.576. The van der Waals surface area contributed by atoms with Crippen LogP contribution in [0.4, 0.5) is 0 Å². The van der Waals surface area contributed by atoms with Gasteiger partial charge in [-0.15, -0.1) is 6.42 Å². The topological polar surface area (TPSA) is 26.3 Å². The SMILES string of the molecule is C#CC(C)OC(=O)C(Cl)Cl. The maximum absolute atomic E-state index is 10.5. The third kappa shape index (κ3) is 3.60. The molecule has 1 atom stereocenters. The summed E-state index contributed by atoms with van der Waals surface area (Å²) in [6, 6.07) is 0. The van der Waals surface area contributed by atoms with Crippen molar-refractivity contribution in [2.75, 3.05) is 0 Å². The molecule has 0 rings (SSSR count). The van der Waals surface area contributed by atoms with Gasteiger partial charge in [-0.3, -0.25) is 0 Å². The molecule has 0 saturated heterocycles. The first kappa shape index (κ1) is 9.61. The Morgan fingerprint density at radius 1 is 1.70 bits per heavy atom. The fourth-order valence-electron chi connectivity index (χ4n) is 0.260. The Morgan fingerprint density at radius 2 is 2.20 bits per heavy atom. The third-order valence-corrected chi connectivity index (χ3v) is 1.06. The van der Waals surface area contributed by atoms with Gasteiger partial charge in [0.25, 0.3) is 0 Å². The molecule has 0 saturated carbocycles. The average Bonchev–Trinajstić information content (AvgIpc) is 1.87. The summed E-state index contributed by atoms with van der Waals surface area (Å²) in [5, 5.41) is 0. The number of ether oxygens (including phenoxy) is 1. The molecular weight excluding hydrogens is 175 g/mol. The van der Waals surface area contributed by atoms with Gasteiger partial charge in [-0.25, -0.2) is 4.79 Å². The highest BCUT2D eigenvalue weighted by Crippen LogP contribution is 2.05. The van der Waals surface area contributed by atoms with E-state index < -0.39 is 16.9 Å². The van der Waals surface area contributed by atoms with Crippen LogP contribution in [0.5, 0.6) is 0 Å². The molecule has 0 aromatic heterocycles. The van der Waals surface area contributed by atoms with E-state index in [0.717, 1.165) is 0 Å². The van der Waals surface area contributed by atoms with Gasteiger partial charge in [0.1, 0.15) is 0 Å². The largest absolute Gasteiger partial charge is 0.447 e. The van der Waals surface area contributed by atoms with Crippen molar-refractivity contribution < 1.29 is 9.53 Å². The highest BCUT2D eigenvalue weighted by Gasteiger charge is 2.14. The van der Waals surface area contributed by atoms with Crippen molar-refractivity contribution in [3.05, 3.63) is 0 Å². The van der Waals surface area contributed by atoms with Crippen LogP contribution in [-0.4, -0.2) is 16.9 Å². The van der Waals surface area contributed by atoms with Gasteiger partial charge >= 0.3 is 5.97 Å². The molecule has 0 aliphatic heterocycles. The average molecular weight is 181 g/mol. The molecule has 0 spiro atoms. The van der Waals surface area contributed by atoms with E-state index in [1.165, 1.54) is 0 Å². The van der Waals surface area contributed by atoms with Crippen molar-refractivity contribution in [2.45, 2.75) is 17.9 Å². The molecular formula is C6H6Cl2O2. The van der Waals surface area contributed by atoms with Gasteiger partial charge in [0.2, 0.25) is 4.84 Å². The summed E-state index contributed by atoms with van der Waals surface area (Å²) in [5.41, 5.74) is 0. The zero-order chi connectivity index (χ0) is 8.15. The van der Waals surface area contributed by atoms with Gasteiger partial charge in [-0.05, 0) is 6.92 Å². The van der Waals surface area contributed by atoms with Gasteiger partial charge in [0.15, 0.2) is 6.10 Å². The number of hydrogen-bond acceptors (Lipinski definition) is 2. The Balaban J connectivity index is 3.71. The molecule has 0 fully saturated rings. The Hall–Kier alpha value is -0.390. The molecule has 2 nitrogen and oxygen atoms in total. The molecule has 0 N–H and O–H groups in total. The second kappa shape index (κ2) is 4.43. The van der Waals surface area contributed by atoms with E-state index in [1.54, 1.807) is 6.92 Å². The highest BCUT2D eigenvalue weighted by molar-refractivity contribution is 6.52. The molecule has 1 unspecified atom stereocenters. The number of terminal acetylenes is 1. The van der Waals surface area contributed by atoms with E-state index in [4.69, 9.17) is 29.6 Å². The lowest BCUT2D eigenvalue weighted by Gasteiger charge is -2.06. The molecule has 0 aliphatic rings. The monoisotopic (exact) mass is 180 g/mol. The molecule has 0 aromatic carbocycles. The van der Waals surface area contributed by atoms with E-state index in [1.807, 2.05) is 0 Å². The van der Waals surface area contributed by atoms with Crippen LogP contribution in [0, 0.1) is 12.3 Å². The second-order valence-corrected chi connectivity index (χ2v) is 2.64. The highest BCUT2D eigenvalue weighted by atomic mass is 35.5. The number of alkyl halides is 2. The Kier molecular flexibility index (Phi) is 4.26. The molecule has 10 heavy (non-hydrogen) atoms. The number of esters is 1. The molecule has 56 valence electrons.